The Labute approximate surface area is 118 Å². The molecule has 0 aromatic heterocycles. The minimum absolute atomic E-state index is 0.0359. The van der Waals surface area contributed by atoms with Crippen LogP contribution in [0.15, 0.2) is 0 Å². The second-order valence-electron chi connectivity index (χ2n) is 6.92. The van der Waals surface area contributed by atoms with Gasteiger partial charge in [0.2, 0.25) is 0 Å². The quantitative estimate of drug-likeness (QED) is 0.805. The Kier molecular flexibility index (Phi) is 3.48. The van der Waals surface area contributed by atoms with E-state index in [0.29, 0.717) is 32.2 Å². The van der Waals surface area contributed by atoms with Crippen LogP contribution in [0, 0.1) is 5.41 Å². The van der Waals surface area contributed by atoms with Crippen molar-refractivity contribution in [1.82, 2.24) is 4.90 Å². The number of aliphatic carboxylic acids is 1. The van der Waals surface area contributed by atoms with Gasteiger partial charge in [-0.1, -0.05) is 0 Å². The Bertz CT molecular complexity index is 424. The SMILES string of the molecule is CC(C)(C)OC(=O)N1CCCC(O)(C2(C(=O)O)CC2)C1. The molecule has 2 aliphatic rings. The topological polar surface area (TPSA) is 87.1 Å². The number of aliphatic hydroxyl groups is 1. The van der Waals surface area contributed by atoms with Gasteiger partial charge in [-0.25, -0.2) is 4.79 Å². The van der Waals surface area contributed by atoms with Gasteiger partial charge in [0, 0.05) is 6.54 Å². The zero-order valence-corrected chi connectivity index (χ0v) is 12.3. The van der Waals surface area contributed by atoms with Crippen LogP contribution < -0.4 is 0 Å². The molecular weight excluding hydrogens is 262 g/mol. The zero-order chi connectivity index (χ0) is 15.2. The largest absolute Gasteiger partial charge is 0.481 e. The molecule has 1 unspecified atom stereocenters. The fraction of sp³-hybridized carbons (Fsp3) is 0.857. The lowest BCUT2D eigenvalue weighted by Gasteiger charge is -2.42. The van der Waals surface area contributed by atoms with Gasteiger partial charge in [-0.3, -0.25) is 4.79 Å². The van der Waals surface area contributed by atoms with Crippen LogP contribution in [0.5, 0.6) is 0 Å². The highest BCUT2D eigenvalue weighted by molar-refractivity contribution is 5.80. The number of hydrogen-bond donors (Lipinski definition) is 2. The summed E-state index contributed by atoms with van der Waals surface area (Å²) in [5.74, 6) is -0.967. The first kappa shape index (κ1) is 15.1. The summed E-state index contributed by atoms with van der Waals surface area (Å²) in [6, 6.07) is 0. The van der Waals surface area contributed by atoms with Crippen LogP contribution in [-0.4, -0.2) is 51.5 Å². The summed E-state index contributed by atoms with van der Waals surface area (Å²) in [6.07, 6.45) is 1.46. The number of likely N-dealkylation sites (tertiary alicyclic amines) is 1. The van der Waals surface area contributed by atoms with Crippen molar-refractivity contribution < 1.29 is 24.5 Å². The number of carboxylic acids is 1. The number of hydrogen-bond acceptors (Lipinski definition) is 4. The van der Waals surface area contributed by atoms with Crippen molar-refractivity contribution in [3.63, 3.8) is 0 Å². The summed E-state index contributed by atoms with van der Waals surface area (Å²) in [5.41, 5.74) is -3.02. The number of β-amino-alcohol motifs (C(OH)–C–C–N with tert-alkyl or cyclic N) is 1. The molecule has 2 fully saturated rings. The first-order valence-electron chi connectivity index (χ1n) is 7.03. The van der Waals surface area contributed by atoms with Gasteiger partial charge in [0.15, 0.2) is 0 Å². The molecular formula is C14H23NO5. The Morgan fingerprint density at radius 3 is 2.25 bits per heavy atom. The van der Waals surface area contributed by atoms with E-state index in [2.05, 4.69) is 0 Å². The fourth-order valence-corrected chi connectivity index (χ4v) is 2.91. The lowest BCUT2D eigenvalue weighted by Crippen LogP contribution is -2.57. The highest BCUT2D eigenvalue weighted by atomic mass is 16.6. The van der Waals surface area contributed by atoms with Crippen LogP contribution in [0.4, 0.5) is 4.79 Å². The average molecular weight is 285 g/mol. The molecule has 114 valence electrons. The second-order valence-corrected chi connectivity index (χ2v) is 6.92. The summed E-state index contributed by atoms with van der Waals surface area (Å²) in [5, 5.41) is 20.1. The van der Waals surface area contributed by atoms with Gasteiger partial charge in [0.25, 0.3) is 0 Å². The monoisotopic (exact) mass is 285 g/mol. The number of amides is 1. The molecule has 1 saturated carbocycles. The van der Waals surface area contributed by atoms with Gasteiger partial charge >= 0.3 is 12.1 Å². The minimum atomic E-state index is -1.34. The predicted octanol–water partition coefficient (Wildman–Crippen LogP) is 1.61. The van der Waals surface area contributed by atoms with Crippen molar-refractivity contribution in [2.45, 2.75) is 57.7 Å². The van der Waals surface area contributed by atoms with E-state index in [0.717, 1.165) is 0 Å². The Balaban J connectivity index is 2.09. The third-order valence-corrected chi connectivity index (χ3v) is 4.17. The first-order valence-corrected chi connectivity index (χ1v) is 7.03. The van der Waals surface area contributed by atoms with Crippen molar-refractivity contribution >= 4 is 12.1 Å². The number of rotatable bonds is 2. The van der Waals surface area contributed by atoms with Crippen LogP contribution in [0.3, 0.4) is 0 Å². The summed E-state index contributed by atoms with van der Waals surface area (Å²) in [7, 11) is 0. The molecule has 0 radical (unpaired) electrons. The maximum Gasteiger partial charge on any atom is 0.410 e. The highest BCUT2D eigenvalue weighted by Gasteiger charge is 2.65. The standard InChI is InChI=1S/C14H23NO5/c1-12(2,3)20-11(18)15-8-4-5-14(19,9-15)13(6-7-13)10(16)17/h19H,4-9H2,1-3H3,(H,16,17). The molecule has 0 aromatic carbocycles. The molecule has 1 heterocycles. The van der Waals surface area contributed by atoms with Crippen LogP contribution in [0.25, 0.3) is 0 Å². The Morgan fingerprint density at radius 2 is 1.80 bits per heavy atom. The molecule has 0 bridgehead atoms. The number of piperidine rings is 1. The molecule has 1 saturated heterocycles. The molecule has 6 nitrogen and oxygen atoms in total. The maximum atomic E-state index is 12.1. The van der Waals surface area contributed by atoms with Crippen LogP contribution >= 0.6 is 0 Å². The number of carbonyl (C=O) groups is 2. The maximum absolute atomic E-state index is 12.1. The Hall–Kier alpha value is -1.30. The molecule has 1 atom stereocenters. The van der Waals surface area contributed by atoms with Crippen molar-refractivity contribution in [3.05, 3.63) is 0 Å². The second kappa shape index (κ2) is 4.62. The molecule has 6 heteroatoms. The summed E-state index contributed by atoms with van der Waals surface area (Å²) in [4.78, 5) is 24.9. The number of carboxylic acid groups (broad SMARTS) is 1. The lowest BCUT2D eigenvalue weighted by molar-refractivity contribution is -0.161. The van der Waals surface area contributed by atoms with Crippen LogP contribution in [0.2, 0.25) is 0 Å². The van der Waals surface area contributed by atoms with Gasteiger partial charge in [0.05, 0.1) is 17.6 Å². The van der Waals surface area contributed by atoms with Gasteiger partial charge in [-0.15, -0.1) is 0 Å². The minimum Gasteiger partial charge on any atom is -0.481 e. The van der Waals surface area contributed by atoms with Crippen molar-refractivity contribution in [2.75, 3.05) is 13.1 Å². The van der Waals surface area contributed by atoms with E-state index in [1.165, 1.54) is 4.90 Å². The van der Waals surface area contributed by atoms with Crippen molar-refractivity contribution in [1.29, 1.82) is 0 Å². The lowest BCUT2D eigenvalue weighted by atomic mass is 9.78. The van der Waals surface area contributed by atoms with Gasteiger partial charge < -0.3 is 19.8 Å². The molecule has 2 N–H and O–H groups in total. The van der Waals surface area contributed by atoms with E-state index in [-0.39, 0.29) is 6.54 Å². The van der Waals surface area contributed by atoms with Crippen LogP contribution in [0.1, 0.15) is 46.5 Å². The van der Waals surface area contributed by atoms with Gasteiger partial charge in [-0.2, -0.15) is 0 Å². The summed E-state index contributed by atoms with van der Waals surface area (Å²) in [6.45, 7) is 5.86. The number of ether oxygens (including phenoxy) is 1. The normalized spacial score (nSPS) is 28.9. The Morgan fingerprint density at radius 1 is 1.20 bits per heavy atom. The average Bonchev–Trinajstić information content (AvgIpc) is 3.07. The summed E-state index contributed by atoms with van der Waals surface area (Å²) >= 11 is 0. The molecule has 1 amide bonds. The molecule has 2 rings (SSSR count). The van der Waals surface area contributed by atoms with Gasteiger partial charge in [0.1, 0.15) is 5.60 Å². The molecule has 1 aliphatic heterocycles. The van der Waals surface area contributed by atoms with E-state index in [1.807, 2.05) is 0 Å². The van der Waals surface area contributed by atoms with E-state index < -0.39 is 28.7 Å². The number of carbonyl (C=O) groups excluding carboxylic acids is 1. The molecule has 1 aliphatic carbocycles. The fourth-order valence-electron chi connectivity index (χ4n) is 2.91. The molecule has 0 aromatic rings. The summed E-state index contributed by atoms with van der Waals surface area (Å²) < 4.78 is 5.29. The van der Waals surface area contributed by atoms with Crippen molar-refractivity contribution in [3.8, 4) is 0 Å². The first-order chi connectivity index (χ1) is 9.10. The van der Waals surface area contributed by atoms with E-state index in [9.17, 15) is 19.8 Å². The van der Waals surface area contributed by atoms with E-state index in [4.69, 9.17) is 4.74 Å². The van der Waals surface area contributed by atoms with Crippen molar-refractivity contribution in [2.24, 2.45) is 5.41 Å². The molecule has 20 heavy (non-hydrogen) atoms. The van der Waals surface area contributed by atoms with E-state index in [1.54, 1.807) is 20.8 Å². The third-order valence-electron chi connectivity index (χ3n) is 4.17. The van der Waals surface area contributed by atoms with Crippen LogP contribution in [-0.2, 0) is 9.53 Å². The number of nitrogens with zero attached hydrogens (tertiary/aromatic N) is 1. The molecule has 0 spiro atoms. The zero-order valence-electron chi connectivity index (χ0n) is 12.3. The third kappa shape index (κ3) is 2.61. The van der Waals surface area contributed by atoms with E-state index >= 15 is 0 Å². The smallest absolute Gasteiger partial charge is 0.410 e. The predicted molar refractivity (Wildman–Crippen MR) is 71.3 cm³/mol. The van der Waals surface area contributed by atoms with Gasteiger partial charge in [-0.05, 0) is 46.5 Å². The highest BCUT2D eigenvalue weighted by Crippen LogP contribution is 2.57.